The Kier molecular flexibility index (Phi) is 4.00. The lowest BCUT2D eigenvalue weighted by Crippen LogP contribution is -2.40. The van der Waals surface area contributed by atoms with Crippen molar-refractivity contribution in [2.45, 2.75) is 31.9 Å². The third-order valence-electron chi connectivity index (χ3n) is 4.86. The maximum absolute atomic E-state index is 12.2. The summed E-state index contributed by atoms with van der Waals surface area (Å²) >= 11 is 1.96. The number of anilines is 1. The van der Waals surface area contributed by atoms with Gasteiger partial charge in [-0.3, -0.25) is 9.69 Å². The number of thioether (sulfide) groups is 1. The first-order valence-electron chi connectivity index (χ1n) is 8.28. The number of nitrogens with one attached hydrogen (secondary N) is 1. The van der Waals surface area contributed by atoms with Gasteiger partial charge in [0.15, 0.2) is 0 Å². The van der Waals surface area contributed by atoms with Crippen LogP contribution >= 0.6 is 11.8 Å². The van der Waals surface area contributed by atoms with Crippen LogP contribution in [0.25, 0.3) is 5.57 Å². The number of benzene rings is 1. The average molecular weight is 344 g/mol. The van der Waals surface area contributed by atoms with E-state index in [1.165, 1.54) is 29.4 Å². The van der Waals surface area contributed by atoms with Crippen LogP contribution in [0.5, 0.6) is 0 Å². The van der Waals surface area contributed by atoms with E-state index in [1.807, 2.05) is 17.8 Å². The van der Waals surface area contributed by atoms with Crippen LogP contribution in [0.15, 0.2) is 24.3 Å². The number of carbonyl (C=O) groups excluding carboxylic acids is 2. The van der Waals surface area contributed by atoms with Crippen molar-refractivity contribution in [1.82, 2.24) is 5.32 Å². The lowest BCUT2D eigenvalue weighted by atomic mass is 9.98. The first kappa shape index (κ1) is 15.6. The molecule has 0 aromatic heterocycles. The largest absolute Gasteiger partial charge is 0.442 e. The van der Waals surface area contributed by atoms with Crippen LogP contribution in [-0.4, -0.2) is 42.2 Å². The summed E-state index contributed by atoms with van der Waals surface area (Å²) in [6.07, 6.45) is 3.59. The molecule has 1 aromatic carbocycles. The predicted molar refractivity (Wildman–Crippen MR) is 95.3 cm³/mol. The van der Waals surface area contributed by atoms with E-state index in [4.69, 9.17) is 4.74 Å². The molecule has 6 heteroatoms. The zero-order chi connectivity index (χ0) is 16.7. The molecule has 0 aliphatic carbocycles. The third-order valence-corrected chi connectivity index (χ3v) is 5.76. The number of hydrogen-bond acceptors (Lipinski definition) is 4. The van der Waals surface area contributed by atoms with Gasteiger partial charge in [-0.15, -0.1) is 0 Å². The van der Waals surface area contributed by atoms with Crippen LogP contribution in [0.3, 0.4) is 0 Å². The van der Waals surface area contributed by atoms with Crippen molar-refractivity contribution < 1.29 is 14.3 Å². The quantitative estimate of drug-likeness (QED) is 0.916. The van der Waals surface area contributed by atoms with Crippen molar-refractivity contribution in [1.29, 1.82) is 0 Å². The van der Waals surface area contributed by atoms with Crippen molar-refractivity contribution in [3.63, 3.8) is 0 Å². The number of cyclic esters (lactones) is 1. The Balaban J connectivity index is 1.58. The molecule has 5 nitrogen and oxygen atoms in total. The molecule has 3 aliphatic rings. The average Bonchev–Trinajstić information content (AvgIpc) is 3.11. The van der Waals surface area contributed by atoms with E-state index in [0.29, 0.717) is 6.54 Å². The topological polar surface area (TPSA) is 58.6 Å². The van der Waals surface area contributed by atoms with Crippen LogP contribution in [0, 0.1) is 0 Å². The summed E-state index contributed by atoms with van der Waals surface area (Å²) in [6.45, 7) is 1.84. The fourth-order valence-electron chi connectivity index (χ4n) is 3.69. The van der Waals surface area contributed by atoms with Gasteiger partial charge in [-0.1, -0.05) is 12.1 Å². The van der Waals surface area contributed by atoms with Crippen LogP contribution in [-0.2, 0) is 16.0 Å². The van der Waals surface area contributed by atoms with Gasteiger partial charge < -0.3 is 10.1 Å². The predicted octanol–water partition coefficient (Wildman–Crippen LogP) is 2.59. The van der Waals surface area contributed by atoms with Crippen molar-refractivity contribution >= 4 is 35.0 Å². The van der Waals surface area contributed by atoms with Gasteiger partial charge in [0.05, 0.1) is 18.3 Å². The van der Waals surface area contributed by atoms with E-state index < -0.39 is 0 Å². The molecule has 0 bridgehead atoms. The van der Waals surface area contributed by atoms with Crippen molar-refractivity contribution in [3.8, 4) is 0 Å². The molecule has 0 radical (unpaired) electrons. The maximum atomic E-state index is 12.2. The second-order valence-corrected chi connectivity index (χ2v) is 7.55. The highest BCUT2D eigenvalue weighted by molar-refractivity contribution is 7.99. The molecule has 3 heterocycles. The highest BCUT2D eigenvalue weighted by Crippen LogP contribution is 2.40. The first-order chi connectivity index (χ1) is 11.6. The Morgan fingerprint density at radius 2 is 2.33 bits per heavy atom. The Hall–Kier alpha value is -1.95. The number of fused-ring (bicyclic) bond motifs is 3. The standard InChI is InChI=1S/C18H20N2O3S/c1-11(21)19-10-17-16-9-14-8-13(12-4-6-24-7-5-12)2-3-15(14)20(16)18(22)23-17/h2-4,8,16-17H,5-7,9-10H2,1H3,(H,19,21)/t16-,17-/m0/s1. The van der Waals surface area contributed by atoms with Crippen LogP contribution < -0.4 is 10.2 Å². The summed E-state index contributed by atoms with van der Waals surface area (Å²) in [4.78, 5) is 25.1. The summed E-state index contributed by atoms with van der Waals surface area (Å²) < 4.78 is 5.44. The Morgan fingerprint density at radius 3 is 3.08 bits per heavy atom. The zero-order valence-corrected chi connectivity index (χ0v) is 14.4. The zero-order valence-electron chi connectivity index (χ0n) is 13.6. The number of rotatable bonds is 3. The van der Waals surface area contributed by atoms with Gasteiger partial charge in [-0.2, -0.15) is 11.8 Å². The van der Waals surface area contributed by atoms with E-state index in [0.717, 1.165) is 24.3 Å². The van der Waals surface area contributed by atoms with Crippen LogP contribution in [0.1, 0.15) is 24.5 Å². The fraction of sp³-hybridized carbons (Fsp3) is 0.444. The van der Waals surface area contributed by atoms with Crippen molar-refractivity contribution in [3.05, 3.63) is 35.4 Å². The minimum Gasteiger partial charge on any atom is -0.442 e. The second-order valence-electron chi connectivity index (χ2n) is 6.40. The number of carbonyl (C=O) groups is 2. The van der Waals surface area contributed by atoms with Gasteiger partial charge in [0, 0.05) is 12.7 Å². The fourth-order valence-corrected chi connectivity index (χ4v) is 4.54. The number of ether oxygens (including phenoxy) is 1. The molecule has 2 atom stereocenters. The highest BCUT2D eigenvalue weighted by atomic mass is 32.2. The van der Waals surface area contributed by atoms with Gasteiger partial charge in [-0.25, -0.2) is 4.79 Å². The summed E-state index contributed by atoms with van der Waals surface area (Å²) in [5.41, 5.74) is 4.81. The molecular weight excluding hydrogens is 324 g/mol. The molecular formula is C18H20N2O3S. The molecule has 1 N–H and O–H groups in total. The van der Waals surface area contributed by atoms with E-state index in [-0.39, 0.29) is 24.1 Å². The third kappa shape index (κ3) is 2.69. The molecule has 24 heavy (non-hydrogen) atoms. The smallest absolute Gasteiger partial charge is 0.415 e. The summed E-state index contributed by atoms with van der Waals surface area (Å²) in [5.74, 6) is 2.14. The molecule has 3 aliphatic heterocycles. The lowest BCUT2D eigenvalue weighted by Gasteiger charge is -2.16. The Morgan fingerprint density at radius 1 is 1.46 bits per heavy atom. The number of allylic oxidation sites excluding steroid dienone is 1. The molecule has 2 amide bonds. The van der Waals surface area contributed by atoms with Gasteiger partial charge in [0.25, 0.3) is 0 Å². The Bertz CT molecular complexity index is 731. The van der Waals surface area contributed by atoms with Gasteiger partial charge in [0.2, 0.25) is 5.91 Å². The summed E-state index contributed by atoms with van der Waals surface area (Å²) in [7, 11) is 0. The monoisotopic (exact) mass is 344 g/mol. The van der Waals surface area contributed by atoms with Crippen molar-refractivity contribution in [2.24, 2.45) is 0 Å². The minimum atomic E-state index is -0.310. The minimum absolute atomic E-state index is 0.0227. The van der Waals surface area contributed by atoms with Gasteiger partial charge in [0.1, 0.15) is 6.10 Å². The molecule has 126 valence electrons. The molecule has 1 aromatic rings. The SMILES string of the molecule is CC(=O)NC[C@@H]1OC(=O)N2c3ccc(C4=CCSCC4)cc3C[C@@H]12. The number of nitrogens with zero attached hydrogens (tertiary/aromatic N) is 1. The normalized spacial score (nSPS) is 25.0. The second kappa shape index (κ2) is 6.16. The highest BCUT2D eigenvalue weighted by Gasteiger charge is 2.47. The maximum Gasteiger partial charge on any atom is 0.415 e. The molecule has 1 fully saturated rings. The summed E-state index contributed by atoms with van der Waals surface area (Å²) in [6, 6.07) is 6.34. The molecule has 4 rings (SSSR count). The van der Waals surface area contributed by atoms with E-state index in [1.54, 1.807) is 4.90 Å². The van der Waals surface area contributed by atoms with Gasteiger partial charge in [-0.05, 0) is 47.4 Å². The molecule has 1 saturated heterocycles. The molecule has 0 unspecified atom stereocenters. The number of hydrogen-bond donors (Lipinski definition) is 1. The van der Waals surface area contributed by atoms with E-state index >= 15 is 0 Å². The van der Waals surface area contributed by atoms with Crippen molar-refractivity contribution in [2.75, 3.05) is 23.0 Å². The van der Waals surface area contributed by atoms with Gasteiger partial charge >= 0.3 is 6.09 Å². The Labute approximate surface area is 145 Å². The summed E-state index contributed by atoms with van der Waals surface area (Å²) in [5, 5.41) is 2.76. The number of amides is 2. The molecule has 0 spiro atoms. The van der Waals surface area contributed by atoms with Crippen LogP contribution in [0.2, 0.25) is 0 Å². The first-order valence-corrected chi connectivity index (χ1v) is 9.43. The van der Waals surface area contributed by atoms with E-state index in [9.17, 15) is 9.59 Å². The molecule has 0 saturated carbocycles. The lowest BCUT2D eigenvalue weighted by molar-refractivity contribution is -0.119. The van der Waals surface area contributed by atoms with E-state index in [2.05, 4.69) is 23.5 Å². The van der Waals surface area contributed by atoms with Crippen LogP contribution in [0.4, 0.5) is 10.5 Å².